The van der Waals surface area contributed by atoms with E-state index in [-0.39, 0.29) is 11.9 Å². The summed E-state index contributed by atoms with van der Waals surface area (Å²) in [6.45, 7) is 6.08. The molecule has 0 bridgehead atoms. The van der Waals surface area contributed by atoms with E-state index in [1.807, 2.05) is 12.1 Å². The SMILES string of the molecule is O=C(NCCN1CCc2ccccc2C1)c1ccnc(N2CCNC(c3ccccc3)C2)c1. The number of piperazine rings is 1. The number of benzene rings is 2. The van der Waals surface area contributed by atoms with Crippen molar-refractivity contribution in [3.8, 4) is 0 Å². The Bertz CT molecular complexity index is 1090. The first-order valence-corrected chi connectivity index (χ1v) is 11.8. The lowest BCUT2D eigenvalue weighted by molar-refractivity contribution is 0.0947. The molecule has 1 atom stereocenters. The molecule has 5 rings (SSSR count). The molecule has 3 aromatic rings. The van der Waals surface area contributed by atoms with Gasteiger partial charge in [-0.2, -0.15) is 0 Å². The van der Waals surface area contributed by atoms with Gasteiger partial charge < -0.3 is 15.5 Å². The molecule has 1 fully saturated rings. The minimum absolute atomic E-state index is 0.0363. The molecule has 1 unspecified atom stereocenters. The first-order chi connectivity index (χ1) is 16.3. The fraction of sp³-hybridized carbons (Fsp3) is 0.333. The van der Waals surface area contributed by atoms with E-state index in [9.17, 15) is 4.79 Å². The second-order valence-corrected chi connectivity index (χ2v) is 8.82. The van der Waals surface area contributed by atoms with Crippen molar-refractivity contribution in [3.05, 3.63) is 95.2 Å². The highest BCUT2D eigenvalue weighted by atomic mass is 16.1. The van der Waals surface area contributed by atoms with Gasteiger partial charge in [-0.25, -0.2) is 4.98 Å². The highest BCUT2D eigenvalue weighted by Gasteiger charge is 2.22. The number of rotatable bonds is 6. The Kier molecular flexibility index (Phi) is 6.65. The van der Waals surface area contributed by atoms with Gasteiger partial charge in [0.15, 0.2) is 0 Å². The molecule has 2 N–H and O–H groups in total. The number of anilines is 1. The lowest BCUT2D eigenvalue weighted by Crippen LogP contribution is -2.46. The van der Waals surface area contributed by atoms with Gasteiger partial charge in [-0.05, 0) is 35.2 Å². The largest absolute Gasteiger partial charge is 0.353 e. The predicted molar refractivity (Wildman–Crippen MR) is 131 cm³/mol. The first kappa shape index (κ1) is 21.6. The lowest BCUT2D eigenvalue weighted by atomic mass is 10.00. The highest BCUT2D eigenvalue weighted by Crippen LogP contribution is 2.22. The van der Waals surface area contributed by atoms with Gasteiger partial charge in [0.1, 0.15) is 5.82 Å². The summed E-state index contributed by atoms with van der Waals surface area (Å²) in [6.07, 6.45) is 2.82. The van der Waals surface area contributed by atoms with E-state index in [0.29, 0.717) is 12.1 Å². The van der Waals surface area contributed by atoms with Gasteiger partial charge in [-0.3, -0.25) is 9.69 Å². The molecule has 170 valence electrons. The van der Waals surface area contributed by atoms with Crippen LogP contribution in [0.25, 0.3) is 0 Å². The molecule has 2 aliphatic heterocycles. The summed E-state index contributed by atoms with van der Waals surface area (Å²) in [6, 6.07) is 23.1. The van der Waals surface area contributed by atoms with Crippen LogP contribution >= 0.6 is 0 Å². The fourth-order valence-corrected chi connectivity index (χ4v) is 4.77. The van der Waals surface area contributed by atoms with Crippen molar-refractivity contribution in [1.29, 1.82) is 0 Å². The molecule has 6 nitrogen and oxygen atoms in total. The number of aromatic nitrogens is 1. The van der Waals surface area contributed by atoms with Gasteiger partial charge in [0, 0.05) is 63.6 Å². The van der Waals surface area contributed by atoms with E-state index < -0.39 is 0 Å². The van der Waals surface area contributed by atoms with Crippen molar-refractivity contribution in [1.82, 2.24) is 20.5 Å². The number of carbonyl (C=O) groups is 1. The molecular formula is C27H31N5O. The maximum Gasteiger partial charge on any atom is 0.251 e. The predicted octanol–water partition coefficient (Wildman–Crippen LogP) is 3.02. The number of carbonyl (C=O) groups excluding carboxylic acids is 1. The Labute approximate surface area is 195 Å². The molecule has 6 heteroatoms. The Hall–Kier alpha value is -3.22. The van der Waals surface area contributed by atoms with Crippen LogP contribution in [-0.2, 0) is 13.0 Å². The average Bonchev–Trinajstić information content (AvgIpc) is 2.89. The third-order valence-electron chi connectivity index (χ3n) is 6.63. The summed E-state index contributed by atoms with van der Waals surface area (Å²) in [5, 5.41) is 6.68. The molecule has 0 radical (unpaired) electrons. The monoisotopic (exact) mass is 441 g/mol. The molecule has 2 aromatic carbocycles. The Morgan fingerprint density at radius 1 is 1.03 bits per heavy atom. The van der Waals surface area contributed by atoms with Crippen LogP contribution in [0.15, 0.2) is 72.9 Å². The minimum atomic E-state index is -0.0363. The Morgan fingerprint density at radius 3 is 2.73 bits per heavy atom. The zero-order chi connectivity index (χ0) is 22.5. The lowest BCUT2D eigenvalue weighted by Gasteiger charge is -2.35. The molecule has 3 heterocycles. The molecule has 2 aliphatic rings. The van der Waals surface area contributed by atoms with Crippen LogP contribution in [0, 0.1) is 0 Å². The van der Waals surface area contributed by atoms with Crippen molar-refractivity contribution < 1.29 is 4.79 Å². The van der Waals surface area contributed by atoms with E-state index in [0.717, 1.165) is 51.5 Å². The first-order valence-electron chi connectivity index (χ1n) is 11.8. The maximum absolute atomic E-state index is 12.8. The van der Waals surface area contributed by atoms with Crippen molar-refractivity contribution in [3.63, 3.8) is 0 Å². The summed E-state index contributed by atoms with van der Waals surface area (Å²) >= 11 is 0. The summed E-state index contributed by atoms with van der Waals surface area (Å²) in [5.74, 6) is 0.823. The van der Waals surface area contributed by atoms with Crippen molar-refractivity contribution in [2.75, 3.05) is 44.2 Å². The summed E-state index contributed by atoms with van der Waals surface area (Å²) in [7, 11) is 0. The molecule has 1 amide bonds. The summed E-state index contributed by atoms with van der Waals surface area (Å²) in [4.78, 5) is 22.0. The number of amides is 1. The highest BCUT2D eigenvalue weighted by molar-refractivity contribution is 5.94. The molecule has 0 aliphatic carbocycles. The van der Waals surface area contributed by atoms with E-state index in [1.165, 1.54) is 16.7 Å². The van der Waals surface area contributed by atoms with E-state index >= 15 is 0 Å². The zero-order valence-corrected chi connectivity index (χ0v) is 18.9. The third-order valence-corrected chi connectivity index (χ3v) is 6.63. The summed E-state index contributed by atoms with van der Waals surface area (Å²) in [5.41, 5.74) is 4.79. The number of hydrogen-bond donors (Lipinski definition) is 2. The van der Waals surface area contributed by atoms with Crippen LogP contribution in [0.5, 0.6) is 0 Å². The van der Waals surface area contributed by atoms with Crippen molar-refractivity contribution >= 4 is 11.7 Å². The van der Waals surface area contributed by atoms with Crippen molar-refractivity contribution in [2.45, 2.75) is 19.0 Å². The van der Waals surface area contributed by atoms with Crippen LogP contribution in [-0.4, -0.2) is 55.1 Å². The van der Waals surface area contributed by atoms with Gasteiger partial charge in [0.25, 0.3) is 5.91 Å². The van der Waals surface area contributed by atoms with Gasteiger partial charge >= 0.3 is 0 Å². The van der Waals surface area contributed by atoms with Crippen LogP contribution in [0.1, 0.15) is 33.1 Å². The standard InChI is InChI=1S/C27H31N5O/c33-27(30-13-16-31-15-11-21-6-4-5-9-24(21)19-31)23-10-12-29-26(18-23)32-17-14-28-25(20-32)22-7-2-1-3-8-22/h1-10,12,18,25,28H,11,13-17,19-20H2,(H,30,33). The molecule has 1 aromatic heterocycles. The van der Waals surface area contributed by atoms with Crippen LogP contribution in [0.2, 0.25) is 0 Å². The molecule has 0 spiro atoms. The van der Waals surface area contributed by atoms with Crippen molar-refractivity contribution in [2.24, 2.45) is 0 Å². The topological polar surface area (TPSA) is 60.5 Å². The maximum atomic E-state index is 12.8. The third kappa shape index (κ3) is 5.24. The van der Waals surface area contributed by atoms with Gasteiger partial charge in [0.2, 0.25) is 0 Å². The number of nitrogens with one attached hydrogen (secondary N) is 2. The fourth-order valence-electron chi connectivity index (χ4n) is 4.77. The molecular weight excluding hydrogens is 410 g/mol. The molecule has 1 saturated heterocycles. The average molecular weight is 442 g/mol. The number of nitrogens with zero attached hydrogens (tertiary/aromatic N) is 3. The summed E-state index contributed by atoms with van der Waals surface area (Å²) < 4.78 is 0. The normalized spacial score (nSPS) is 18.5. The number of hydrogen-bond acceptors (Lipinski definition) is 5. The van der Waals surface area contributed by atoms with E-state index in [4.69, 9.17) is 0 Å². The van der Waals surface area contributed by atoms with Gasteiger partial charge in [-0.1, -0.05) is 54.6 Å². The quantitative estimate of drug-likeness (QED) is 0.616. The molecule has 0 saturated carbocycles. The van der Waals surface area contributed by atoms with Gasteiger partial charge in [0.05, 0.1) is 0 Å². The van der Waals surface area contributed by atoms with Crippen LogP contribution < -0.4 is 15.5 Å². The Morgan fingerprint density at radius 2 is 1.85 bits per heavy atom. The van der Waals surface area contributed by atoms with E-state index in [2.05, 4.69) is 73.9 Å². The second-order valence-electron chi connectivity index (χ2n) is 8.82. The van der Waals surface area contributed by atoms with Crippen LogP contribution in [0.4, 0.5) is 5.82 Å². The smallest absolute Gasteiger partial charge is 0.251 e. The Balaban J connectivity index is 1.16. The van der Waals surface area contributed by atoms with Crippen LogP contribution in [0.3, 0.4) is 0 Å². The second kappa shape index (κ2) is 10.1. The number of fused-ring (bicyclic) bond motifs is 1. The number of pyridine rings is 1. The van der Waals surface area contributed by atoms with Gasteiger partial charge in [-0.15, -0.1) is 0 Å². The molecule has 33 heavy (non-hydrogen) atoms. The zero-order valence-electron chi connectivity index (χ0n) is 18.9. The van der Waals surface area contributed by atoms with E-state index in [1.54, 1.807) is 12.3 Å². The minimum Gasteiger partial charge on any atom is -0.353 e.